The molecule has 0 radical (unpaired) electrons. The van der Waals surface area contributed by atoms with Crippen LogP contribution in [0.1, 0.15) is 27.7 Å². The molecule has 0 spiro atoms. The minimum Gasteiger partial charge on any atom is -1.00 e. The fourth-order valence-corrected chi connectivity index (χ4v) is 4.51. The van der Waals surface area contributed by atoms with Crippen LogP contribution in [-0.2, 0) is 0 Å². The monoisotopic (exact) mass is 407 g/mol. The molecule has 0 fully saturated rings. The van der Waals surface area contributed by atoms with Gasteiger partial charge in [0.2, 0.25) is 0 Å². The van der Waals surface area contributed by atoms with Gasteiger partial charge < -0.3 is 17.1 Å². The Morgan fingerprint density at radius 3 is 2.62 bits per heavy atom. The molecular formula is C19H22ClN3OS2. The Kier molecular flexibility index (Phi) is 7.15. The average Bonchev–Trinajstić information content (AvgIpc) is 2.59. The summed E-state index contributed by atoms with van der Waals surface area (Å²) in [4.78, 5) is 10.2. The highest BCUT2D eigenvalue weighted by Gasteiger charge is 2.19. The van der Waals surface area contributed by atoms with Crippen molar-refractivity contribution in [2.45, 2.75) is 37.3 Å². The minimum atomic E-state index is 0. The topological polar surface area (TPSA) is 38.9 Å². The van der Waals surface area contributed by atoms with Crippen LogP contribution in [0.4, 0.5) is 0 Å². The molecule has 1 aromatic carbocycles. The van der Waals surface area contributed by atoms with Gasteiger partial charge >= 0.3 is 5.95 Å². The molecule has 0 aliphatic carbocycles. The maximum atomic E-state index is 5.53. The summed E-state index contributed by atoms with van der Waals surface area (Å²) in [6, 6.07) is 12.3. The maximum Gasteiger partial charge on any atom is 0.441 e. The van der Waals surface area contributed by atoms with Crippen LogP contribution in [0.2, 0.25) is 0 Å². The fraction of sp³-hybridized carbons (Fsp3) is 0.316. The van der Waals surface area contributed by atoms with E-state index in [1.165, 1.54) is 4.90 Å². The van der Waals surface area contributed by atoms with E-state index < -0.39 is 0 Å². The van der Waals surface area contributed by atoms with Gasteiger partial charge in [-0.1, -0.05) is 59.5 Å². The highest BCUT2D eigenvalue weighted by Crippen LogP contribution is 2.42. The molecule has 0 aliphatic rings. The predicted octanol–water partition coefficient (Wildman–Crippen LogP) is 1.85. The Morgan fingerprint density at radius 1 is 1.12 bits per heavy atom. The molecule has 0 N–H and O–H groups in total. The van der Waals surface area contributed by atoms with Crippen molar-refractivity contribution in [1.82, 2.24) is 9.97 Å². The molecule has 4 nitrogen and oxygen atoms in total. The smallest absolute Gasteiger partial charge is 0.441 e. The zero-order chi connectivity index (χ0) is 17.9. The van der Waals surface area contributed by atoms with E-state index in [0.717, 1.165) is 10.9 Å². The number of pyridine rings is 1. The Labute approximate surface area is 168 Å². The minimum absolute atomic E-state index is 0. The lowest BCUT2D eigenvalue weighted by molar-refractivity contribution is -0.576. The molecule has 3 aromatic rings. The van der Waals surface area contributed by atoms with Gasteiger partial charge in [-0.2, -0.15) is 4.57 Å². The lowest BCUT2D eigenvalue weighted by atomic mass is 10.2. The van der Waals surface area contributed by atoms with Crippen LogP contribution in [0.15, 0.2) is 53.7 Å². The first-order chi connectivity index (χ1) is 12.0. The molecule has 0 saturated heterocycles. The zero-order valence-corrected chi connectivity index (χ0v) is 17.7. The molecule has 0 saturated carbocycles. The third kappa shape index (κ3) is 5.02. The highest BCUT2D eigenvalue weighted by molar-refractivity contribution is 8.77. The quantitative estimate of drug-likeness (QED) is 0.476. The first-order valence-electron chi connectivity index (χ1n) is 8.23. The standard InChI is InChI=1S/C19H22N3OS2.ClH/c1-5-23-16-11-12-20-18(21-16)22-13-7-9-14-8-6-10-15(17(14)22)24-25-19(2,3)4;/h6-13H,5H2,1-4H3;1H/q+1;/p-1. The number of fused-ring (bicyclic) bond motifs is 1. The molecule has 26 heavy (non-hydrogen) atoms. The van der Waals surface area contributed by atoms with E-state index in [1.807, 2.05) is 34.5 Å². The summed E-state index contributed by atoms with van der Waals surface area (Å²) in [5.74, 6) is 1.21. The number of halogens is 1. The molecule has 3 rings (SSSR count). The van der Waals surface area contributed by atoms with Crippen LogP contribution in [0.5, 0.6) is 5.88 Å². The molecule has 0 atom stereocenters. The van der Waals surface area contributed by atoms with E-state index >= 15 is 0 Å². The van der Waals surface area contributed by atoms with Crippen LogP contribution < -0.4 is 21.7 Å². The van der Waals surface area contributed by atoms with Crippen molar-refractivity contribution < 1.29 is 21.7 Å². The summed E-state index contributed by atoms with van der Waals surface area (Å²) < 4.78 is 7.74. The van der Waals surface area contributed by atoms with Crippen molar-refractivity contribution in [3.05, 3.63) is 48.8 Å². The number of para-hydroxylation sites is 1. The Morgan fingerprint density at radius 2 is 1.88 bits per heavy atom. The van der Waals surface area contributed by atoms with Crippen LogP contribution in [0.3, 0.4) is 0 Å². The highest BCUT2D eigenvalue weighted by atomic mass is 35.5. The van der Waals surface area contributed by atoms with Gasteiger partial charge in [-0.15, -0.1) is 0 Å². The van der Waals surface area contributed by atoms with Gasteiger partial charge in [0.05, 0.1) is 23.8 Å². The summed E-state index contributed by atoms with van der Waals surface area (Å²) >= 11 is 0. The largest absolute Gasteiger partial charge is 1.00 e. The van der Waals surface area contributed by atoms with E-state index in [-0.39, 0.29) is 17.2 Å². The van der Waals surface area contributed by atoms with E-state index in [4.69, 9.17) is 4.74 Å². The number of nitrogens with zero attached hydrogens (tertiary/aromatic N) is 3. The number of rotatable bonds is 5. The summed E-state index contributed by atoms with van der Waals surface area (Å²) in [6.45, 7) is 9.20. The molecule has 138 valence electrons. The predicted molar refractivity (Wildman–Crippen MR) is 105 cm³/mol. The molecule has 7 heteroatoms. The van der Waals surface area contributed by atoms with Gasteiger partial charge in [0.25, 0.3) is 5.88 Å². The lowest BCUT2D eigenvalue weighted by Crippen LogP contribution is -3.00. The molecule has 0 bridgehead atoms. The molecule has 0 amide bonds. The van der Waals surface area contributed by atoms with Crippen molar-refractivity contribution in [2.24, 2.45) is 0 Å². The van der Waals surface area contributed by atoms with Gasteiger partial charge in [0, 0.05) is 10.1 Å². The van der Waals surface area contributed by atoms with Crippen molar-refractivity contribution in [2.75, 3.05) is 6.61 Å². The summed E-state index contributed by atoms with van der Waals surface area (Å²) in [5.41, 5.74) is 1.11. The van der Waals surface area contributed by atoms with E-state index in [1.54, 1.807) is 23.1 Å². The normalized spacial score (nSPS) is 11.2. The van der Waals surface area contributed by atoms with Crippen molar-refractivity contribution in [3.8, 4) is 11.8 Å². The first-order valence-corrected chi connectivity index (χ1v) is 10.4. The van der Waals surface area contributed by atoms with E-state index in [9.17, 15) is 0 Å². The first kappa shape index (κ1) is 20.8. The second-order valence-electron chi connectivity index (χ2n) is 6.48. The molecule has 2 aromatic heterocycles. The molecular weight excluding hydrogens is 386 g/mol. The SMILES string of the molecule is CCOc1ccnc(-[n+]2cccc3cccc(SSC(C)(C)C)c32)n1.[Cl-]. The van der Waals surface area contributed by atoms with E-state index in [2.05, 4.69) is 55.0 Å². The van der Waals surface area contributed by atoms with Gasteiger partial charge in [-0.3, -0.25) is 0 Å². The number of benzene rings is 1. The fourth-order valence-electron chi connectivity index (χ4n) is 2.32. The third-order valence-electron chi connectivity index (χ3n) is 3.29. The lowest BCUT2D eigenvalue weighted by Gasteiger charge is -2.17. The van der Waals surface area contributed by atoms with Crippen molar-refractivity contribution >= 4 is 32.5 Å². The average molecular weight is 408 g/mol. The van der Waals surface area contributed by atoms with Gasteiger partial charge in [0.15, 0.2) is 0 Å². The number of hydrogen-bond donors (Lipinski definition) is 0. The summed E-state index contributed by atoms with van der Waals surface area (Å²) in [7, 11) is 3.64. The van der Waals surface area contributed by atoms with Crippen molar-refractivity contribution in [3.63, 3.8) is 0 Å². The molecule has 0 aliphatic heterocycles. The number of ether oxygens (including phenoxy) is 1. The Bertz CT molecular complexity index is 879. The van der Waals surface area contributed by atoms with Gasteiger partial charge in [-0.25, -0.2) is 0 Å². The molecule has 2 heterocycles. The third-order valence-corrected chi connectivity index (χ3v) is 6.67. The van der Waals surface area contributed by atoms with Crippen LogP contribution in [0.25, 0.3) is 16.9 Å². The van der Waals surface area contributed by atoms with Crippen LogP contribution in [-0.4, -0.2) is 21.3 Å². The Balaban J connectivity index is 0.00000243. The Hall–Kier alpha value is -1.50. The summed E-state index contributed by atoms with van der Waals surface area (Å²) in [5, 5.41) is 1.16. The summed E-state index contributed by atoms with van der Waals surface area (Å²) in [6.07, 6.45) is 3.73. The maximum absolute atomic E-state index is 5.53. The zero-order valence-electron chi connectivity index (χ0n) is 15.3. The van der Waals surface area contributed by atoms with Gasteiger partial charge in [-0.05, 0) is 30.1 Å². The number of hydrogen-bond acceptors (Lipinski definition) is 5. The van der Waals surface area contributed by atoms with Crippen molar-refractivity contribution in [1.29, 1.82) is 0 Å². The second-order valence-corrected chi connectivity index (χ2v) is 9.48. The van der Waals surface area contributed by atoms with E-state index in [0.29, 0.717) is 18.4 Å². The van der Waals surface area contributed by atoms with Gasteiger partial charge in [0.1, 0.15) is 11.7 Å². The molecule has 0 unspecified atom stereocenters. The van der Waals surface area contributed by atoms with Crippen LogP contribution >= 0.6 is 21.6 Å². The number of aromatic nitrogens is 3. The van der Waals surface area contributed by atoms with Crippen LogP contribution in [0, 0.1) is 0 Å². The second kappa shape index (κ2) is 8.93.